The van der Waals surface area contributed by atoms with E-state index < -0.39 is 11.5 Å². The fourth-order valence-electron chi connectivity index (χ4n) is 1.59. The van der Waals surface area contributed by atoms with Crippen LogP contribution in [0.15, 0.2) is 0 Å². The van der Waals surface area contributed by atoms with Crippen LogP contribution in [0.25, 0.3) is 0 Å². The number of esters is 1. The van der Waals surface area contributed by atoms with Crippen molar-refractivity contribution in [2.75, 3.05) is 20.2 Å². The van der Waals surface area contributed by atoms with Crippen LogP contribution in [0, 0.1) is 5.41 Å². The molecule has 2 unspecified atom stereocenters. The number of hydrogen-bond acceptors (Lipinski definition) is 5. The molecule has 2 atom stereocenters. The predicted molar refractivity (Wildman–Crippen MR) is 83.8 cm³/mol. The lowest BCUT2D eigenvalue weighted by Gasteiger charge is -2.23. The number of ether oxygens (including phenoxy) is 1. The van der Waals surface area contributed by atoms with Gasteiger partial charge in [0.25, 0.3) is 0 Å². The summed E-state index contributed by atoms with van der Waals surface area (Å²) in [5.74, 6) is -0.506. The first-order valence-corrected chi connectivity index (χ1v) is 7.60. The van der Waals surface area contributed by atoms with Crippen LogP contribution in [0.4, 0.5) is 0 Å². The third kappa shape index (κ3) is 8.67. The molecule has 3 N–H and O–H groups in total. The van der Waals surface area contributed by atoms with Crippen LogP contribution in [0.1, 0.15) is 47.5 Å². The second-order valence-electron chi connectivity index (χ2n) is 6.13. The van der Waals surface area contributed by atoms with Crippen molar-refractivity contribution in [3.05, 3.63) is 0 Å². The van der Waals surface area contributed by atoms with Gasteiger partial charge in [0.2, 0.25) is 5.91 Å². The first kappa shape index (κ1) is 19.9. The third-order valence-electron chi connectivity index (χ3n) is 3.11. The van der Waals surface area contributed by atoms with Gasteiger partial charge in [-0.2, -0.15) is 0 Å². The molecule has 0 spiro atoms. The van der Waals surface area contributed by atoms with Crippen LogP contribution >= 0.6 is 0 Å². The fraction of sp³-hybridized carbons (Fsp3) is 0.867. The van der Waals surface area contributed by atoms with Gasteiger partial charge in [0, 0.05) is 5.41 Å². The summed E-state index contributed by atoms with van der Waals surface area (Å²) in [5, 5.41) is 9.13. The van der Waals surface area contributed by atoms with Crippen molar-refractivity contribution in [2.24, 2.45) is 5.41 Å². The Hall–Kier alpha value is -1.14. The standard InChI is InChI=1S/C15H31N3O3/c1-7-21-13(19)12(18-14(20)15(3,4)5)9-8-10-17-11(2)16-6/h11-12,16-17H,7-10H2,1-6H3,(H,18,20). The molecular formula is C15H31N3O3. The van der Waals surface area contributed by atoms with E-state index in [0.717, 1.165) is 13.0 Å². The molecule has 1 amide bonds. The van der Waals surface area contributed by atoms with Gasteiger partial charge < -0.3 is 20.7 Å². The zero-order chi connectivity index (χ0) is 16.5. The second kappa shape index (κ2) is 9.73. The minimum atomic E-state index is -0.580. The summed E-state index contributed by atoms with van der Waals surface area (Å²) >= 11 is 0. The van der Waals surface area contributed by atoms with E-state index in [1.54, 1.807) is 6.92 Å². The molecule has 0 bridgehead atoms. The quantitative estimate of drug-likeness (QED) is 0.336. The Morgan fingerprint density at radius 3 is 2.33 bits per heavy atom. The van der Waals surface area contributed by atoms with E-state index >= 15 is 0 Å². The molecule has 0 aromatic rings. The van der Waals surface area contributed by atoms with Gasteiger partial charge in [-0.3, -0.25) is 4.79 Å². The Morgan fingerprint density at radius 2 is 1.86 bits per heavy atom. The van der Waals surface area contributed by atoms with Crippen LogP contribution in [-0.2, 0) is 14.3 Å². The molecule has 6 nitrogen and oxygen atoms in total. The summed E-state index contributed by atoms with van der Waals surface area (Å²) in [5.41, 5.74) is -0.524. The van der Waals surface area contributed by atoms with Crippen molar-refractivity contribution in [3.63, 3.8) is 0 Å². The predicted octanol–water partition coefficient (Wildman–Crippen LogP) is 1.02. The van der Waals surface area contributed by atoms with Gasteiger partial charge in [-0.25, -0.2) is 4.79 Å². The monoisotopic (exact) mass is 301 g/mol. The lowest BCUT2D eigenvalue weighted by atomic mass is 9.95. The molecular weight excluding hydrogens is 270 g/mol. The zero-order valence-corrected chi connectivity index (χ0v) is 14.2. The van der Waals surface area contributed by atoms with Crippen molar-refractivity contribution >= 4 is 11.9 Å². The molecule has 0 saturated heterocycles. The highest BCUT2D eigenvalue weighted by atomic mass is 16.5. The molecule has 0 radical (unpaired) electrons. The van der Waals surface area contributed by atoms with Gasteiger partial charge in [-0.05, 0) is 40.3 Å². The smallest absolute Gasteiger partial charge is 0.328 e. The van der Waals surface area contributed by atoms with Gasteiger partial charge >= 0.3 is 5.97 Å². The average Bonchev–Trinajstić information content (AvgIpc) is 2.40. The normalized spacial score (nSPS) is 14.4. The maximum Gasteiger partial charge on any atom is 0.328 e. The number of rotatable bonds is 9. The molecule has 0 aliphatic rings. The van der Waals surface area contributed by atoms with E-state index in [-0.39, 0.29) is 18.0 Å². The Kier molecular flexibility index (Phi) is 9.21. The summed E-state index contributed by atoms with van der Waals surface area (Å²) in [6.07, 6.45) is 1.56. The molecule has 124 valence electrons. The Bertz CT molecular complexity index is 327. The zero-order valence-electron chi connectivity index (χ0n) is 14.2. The van der Waals surface area contributed by atoms with Crippen LogP contribution in [-0.4, -0.2) is 44.3 Å². The molecule has 0 saturated carbocycles. The largest absolute Gasteiger partial charge is 0.464 e. The van der Waals surface area contributed by atoms with Gasteiger partial charge in [0.1, 0.15) is 6.04 Å². The topological polar surface area (TPSA) is 79.5 Å². The highest BCUT2D eigenvalue weighted by Gasteiger charge is 2.27. The minimum absolute atomic E-state index is 0.142. The fourth-order valence-corrected chi connectivity index (χ4v) is 1.59. The summed E-state index contributed by atoms with van der Waals surface area (Å²) in [6, 6.07) is -0.580. The number of hydrogen-bond donors (Lipinski definition) is 3. The van der Waals surface area contributed by atoms with Gasteiger partial charge in [0.05, 0.1) is 12.8 Å². The maximum atomic E-state index is 12.0. The lowest BCUT2D eigenvalue weighted by Crippen LogP contribution is -2.47. The number of carbonyl (C=O) groups is 2. The molecule has 6 heteroatoms. The van der Waals surface area contributed by atoms with Crippen LogP contribution in [0.2, 0.25) is 0 Å². The van der Waals surface area contributed by atoms with E-state index in [1.165, 1.54) is 0 Å². The van der Waals surface area contributed by atoms with Crippen molar-refractivity contribution in [2.45, 2.75) is 59.7 Å². The van der Waals surface area contributed by atoms with Crippen molar-refractivity contribution in [1.82, 2.24) is 16.0 Å². The number of nitrogens with one attached hydrogen (secondary N) is 3. The highest BCUT2D eigenvalue weighted by Crippen LogP contribution is 2.14. The lowest BCUT2D eigenvalue weighted by molar-refractivity contribution is -0.148. The van der Waals surface area contributed by atoms with Gasteiger partial charge in [-0.15, -0.1) is 0 Å². The van der Waals surface area contributed by atoms with Crippen molar-refractivity contribution in [1.29, 1.82) is 0 Å². The molecule has 0 heterocycles. The number of carbonyl (C=O) groups excluding carboxylic acids is 2. The van der Waals surface area contributed by atoms with E-state index in [2.05, 4.69) is 16.0 Å². The highest BCUT2D eigenvalue weighted by molar-refractivity contribution is 5.87. The van der Waals surface area contributed by atoms with E-state index in [1.807, 2.05) is 34.7 Å². The Balaban J connectivity index is 4.41. The van der Waals surface area contributed by atoms with Crippen molar-refractivity contribution in [3.8, 4) is 0 Å². The van der Waals surface area contributed by atoms with Gasteiger partial charge in [0.15, 0.2) is 0 Å². The summed E-state index contributed by atoms with van der Waals surface area (Å²) in [4.78, 5) is 23.9. The molecule has 0 aliphatic heterocycles. The van der Waals surface area contributed by atoms with Crippen LogP contribution < -0.4 is 16.0 Å². The number of amides is 1. The summed E-state index contributed by atoms with van der Waals surface area (Å²) < 4.78 is 5.03. The Morgan fingerprint density at radius 1 is 1.24 bits per heavy atom. The first-order valence-electron chi connectivity index (χ1n) is 7.60. The van der Waals surface area contributed by atoms with Gasteiger partial charge in [-0.1, -0.05) is 20.8 Å². The first-order chi connectivity index (χ1) is 9.72. The molecule has 21 heavy (non-hydrogen) atoms. The van der Waals surface area contributed by atoms with Crippen LogP contribution in [0.5, 0.6) is 0 Å². The third-order valence-corrected chi connectivity index (χ3v) is 3.11. The van der Waals surface area contributed by atoms with E-state index in [9.17, 15) is 9.59 Å². The molecule has 0 aliphatic carbocycles. The van der Waals surface area contributed by atoms with E-state index in [4.69, 9.17) is 4.74 Å². The van der Waals surface area contributed by atoms with Crippen LogP contribution in [0.3, 0.4) is 0 Å². The van der Waals surface area contributed by atoms with Crippen molar-refractivity contribution < 1.29 is 14.3 Å². The SMILES string of the molecule is CCOC(=O)C(CCCNC(C)NC)NC(=O)C(C)(C)C. The maximum absolute atomic E-state index is 12.0. The van der Waals surface area contributed by atoms with E-state index in [0.29, 0.717) is 13.0 Å². The summed E-state index contributed by atoms with van der Waals surface area (Å²) in [6.45, 7) is 10.3. The molecule has 0 aromatic heterocycles. The molecule has 0 fully saturated rings. The average molecular weight is 301 g/mol. The summed E-state index contributed by atoms with van der Waals surface area (Å²) in [7, 11) is 1.88. The minimum Gasteiger partial charge on any atom is -0.464 e. The molecule has 0 rings (SSSR count). The second-order valence-corrected chi connectivity index (χ2v) is 6.13. The molecule has 0 aromatic carbocycles. The Labute approximate surface area is 128 Å².